The van der Waals surface area contributed by atoms with Crippen LogP contribution in [0.2, 0.25) is 5.82 Å². The quantitative estimate of drug-likeness (QED) is 0.388. The van der Waals surface area contributed by atoms with Crippen LogP contribution in [-0.4, -0.2) is 43.5 Å². The summed E-state index contributed by atoms with van der Waals surface area (Å²) < 4.78 is 19.6. The van der Waals surface area contributed by atoms with Crippen LogP contribution in [0.1, 0.15) is 55.5 Å². The number of carbonyl (C=O) groups is 3. The molecule has 1 aromatic carbocycles. The van der Waals surface area contributed by atoms with Crippen molar-refractivity contribution in [3.05, 3.63) is 29.3 Å². The van der Waals surface area contributed by atoms with Crippen molar-refractivity contribution >= 4 is 25.0 Å². The van der Waals surface area contributed by atoms with E-state index in [1.165, 1.54) is 6.07 Å². The summed E-state index contributed by atoms with van der Waals surface area (Å²) in [4.78, 5) is 35.4. The van der Waals surface area contributed by atoms with Gasteiger partial charge in [0.2, 0.25) is 6.79 Å². The van der Waals surface area contributed by atoms with E-state index in [2.05, 4.69) is 9.47 Å². The van der Waals surface area contributed by atoms with Crippen LogP contribution < -0.4 is 4.65 Å². The molecule has 28 heavy (non-hydrogen) atoms. The lowest BCUT2D eigenvalue weighted by Crippen LogP contribution is -2.36. The van der Waals surface area contributed by atoms with E-state index < -0.39 is 26.0 Å². The van der Waals surface area contributed by atoms with E-state index in [9.17, 15) is 19.4 Å². The molecule has 1 aromatic rings. The van der Waals surface area contributed by atoms with E-state index in [4.69, 9.17) is 9.39 Å². The number of ketones is 1. The van der Waals surface area contributed by atoms with Crippen LogP contribution in [-0.2, 0) is 25.4 Å². The highest BCUT2D eigenvalue weighted by atomic mass is 16.8. The molecule has 0 spiro atoms. The van der Waals surface area contributed by atoms with Crippen LogP contribution in [0.3, 0.4) is 0 Å². The minimum atomic E-state index is -1.19. The van der Waals surface area contributed by atoms with Gasteiger partial charge in [0, 0.05) is 18.7 Å². The Kier molecular flexibility index (Phi) is 8.31. The number of hydrogen-bond acceptors (Lipinski definition) is 8. The first-order valence-corrected chi connectivity index (χ1v) is 9.41. The van der Waals surface area contributed by atoms with Gasteiger partial charge in [-0.3, -0.25) is 4.79 Å². The largest absolute Gasteiger partial charge is 0.535 e. The summed E-state index contributed by atoms with van der Waals surface area (Å²) >= 11 is 0. The van der Waals surface area contributed by atoms with Gasteiger partial charge in [-0.05, 0) is 31.4 Å². The van der Waals surface area contributed by atoms with Crippen molar-refractivity contribution in [2.45, 2.75) is 51.8 Å². The molecule has 1 N–H and O–H groups in total. The molecule has 0 saturated carbocycles. The fraction of sp³-hybridized carbons (Fsp3) is 0.526. The summed E-state index contributed by atoms with van der Waals surface area (Å²) in [5, 5.41) is 10.3. The maximum absolute atomic E-state index is 12.3. The Balaban J connectivity index is 2.00. The van der Waals surface area contributed by atoms with Gasteiger partial charge >= 0.3 is 19.2 Å². The topological polar surface area (TPSA) is 108 Å². The van der Waals surface area contributed by atoms with Gasteiger partial charge in [-0.1, -0.05) is 25.5 Å². The van der Waals surface area contributed by atoms with Crippen molar-refractivity contribution in [1.82, 2.24) is 0 Å². The molecule has 0 fully saturated rings. The van der Waals surface area contributed by atoms with E-state index in [0.29, 0.717) is 18.4 Å². The summed E-state index contributed by atoms with van der Waals surface area (Å²) in [6.45, 7) is 3.18. The average molecular weight is 392 g/mol. The Hall–Kier alpha value is -2.55. The average Bonchev–Trinajstić information content (AvgIpc) is 2.66. The van der Waals surface area contributed by atoms with E-state index in [0.717, 1.165) is 12.8 Å². The number of esters is 1. The van der Waals surface area contributed by atoms with Crippen LogP contribution in [0.25, 0.3) is 0 Å². The Morgan fingerprint density at radius 3 is 2.71 bits per heavy atom. The number of ether oxygens (including phenoxy) is 3. The van der Waals surface area contributed by atoms with Gasteiger partial charge in [0.05, 0.1) is 6.61 Å². The van der Waals surface area contributed by atoms with Gasteiger partial charge in [0.15, 0.2) is 0 Å². The number of hydrogen-bond donors (Lipinski definition) is 1. The first-order valence-electron chi connectivity index (χ1n) is 9.41. The molecule has 0 aliphatic carbocycles. The molecule has 0 saturated heterocycles. The van der Waals surface area contributed by atoms with Crippen molar-refractivity contribution in [2.24, 2.45) is 0 Å². The van der Waals surface area contributed by atoms with Gasteiger partial charge < -0.3 is 23.9 Å². The van der Waals surface area contributed by atoms with E-state index in [-0.39, 0.29) is 35.9 Å². The lowest BCUT2D eigenvalue weighted by atomic mass is 9.64. The van der Waals surface area contributed by atoms with Crippen LogP contribution in [0.5, 0.6) is 5.75 Å². The molecule has 152 valence electrons. The maximum atomic E-state index is 12.3. The third-order valence-corrected chi connectivity index (χ3v) is 4.37. The summed E-state index contributed by atoms with van der Waals surface area (Å²) in [5.41, 5.74) is 0.819. The molecule has 2 rings (SSSR count). The van der Waals surface area contributed by atoms with Crippen LogP contribution in [0.4, 0.5) is 4.79 Å². The molecular formula is C19H25BO8. The number of Topliss-reactive ketones (excluding diaryl/α,β-unsaturated/α-hetero) is 1. The molecule has 0 bridgehead atoms. The molecule has 9 heteroatoms. The highest BCUT2D eigenvalue weighted by Crippen LogP contribution is 2.36. The zero-order chi connectivity index (χ0) is 20.5. The monoisotopic (exact) mass is 392 g/mol. The van der Waals surface area contributed by atoms with Crippen molar-refractivity contribution < 1.29 is 38.3 Å². The molecule has 1 heterocycles. The SMILES string of the molecule is CCCCC(=O)C[C@H]1Cc2cccc(C(=O)OCOC(=O)OCC)c2OB1O. The molecule has 8 nitrogen and oxygen atoms in total. The maximum Gasteiger partial charge on any atom is 0.526 e. The second-order valence-corrected chi connectivity index (χ2v) is 6.49. The lowest BCUT2D eigenvalue weighted by molar-refractivity contribution is -0.119. The standard InChI is InChI=1S/C19H25BO8/c1-3-5-8-15(21)11-14-10-13-7-6-9-16(17(13)28-20(14)24)18(22)26-12-27-19(23)25-4-2/h6-7,9,14,24H,3-5,8,10-12H2,1-2H3/t14-/m1/s1. The minimum Gasteiger partial charge on any atom is -0.535 e. The molecule has 1 atom stereocenters. The summed E-state index contributed by atoms with van der Waals surface area (Å²) in [7, 11) is -1.19. The first kappa shape index (κ1) is 21.8. The summed E-state index contributed by atoms with van der Waals surface area (Å²) in [6, 6.07) is 4.93. The predicted molar refractivity (Wildman–Crippen MR) is 100 cm³/mol. The zero-order valence-electron chi connectivity index (χ0n) is 16.1. The van der Waals surface area contributed by atoms with Gasteiger partial charge in [0.25, 0.3) is 0 Å². The fourth-order valence-corrected chi connectivity index (χ4v) is 2.96. The Labute approximate surface area is 164 Å². The highest BCUT2D eigenvalue weighted by molar-refractivity contribution is 6.47. The molecule has 1 aliphatic rings. The fourth-order valence-electron chi connectivity index (χ4n) is 2.96. The number of para-hydroxylation sites is 1. The van der Waals surface area contributed by atoms with Crippen LogP contribution >= 0.6 is 0 Å². The predicted octanol–water partition coefficient (Wildman–Crippen LogP) is 2.91. The third-order valence-electron chi connectivity index (χ3n) is 4.37. The normalized spacial score (nSPS) is 15.2. The Bertz CT molecular complexity index is 705. The minimum absolute atomic E-state index is 0.0876. The first-order chi connectivity index (χ1) is 13.5. The number of rotatable bonds is 9. The highest BCUT2D eigenvalue weighted by Gasteiger charge is 2.37. The zero-order valence-corrected chi connectivity index (χ0v) is 16.1. The van der Waals surface area contributed by atoms with Crippen molar-refractivity contribution in [1.29, 1.82) is 0 Å². The Morgan fingerprint density at radius 1 is 1.21 bits per heavy atom. The number of carbonyl (C=O) groups excluding carboxylic acids is 3. The Morgan fingerprint density at radius 2 is 2.00 bits per heavy atom. The second kappa shape index (κ2) is 10.7. The lowest BCUT2D eigenvalue weighted by Gasteiger charge is -2.28. The van der Waals surface area contributed by atoms with Gasteiger partial charge in [0.1, 0.15) is 17.1 Å². The molecule has 0 radical (unpaired) electrons. The van der Waals surface area contributed by atoms with E-state index in [1.54, 1.807) is 19.1 Å². The van der Waals surface area contributed by atoms with Gasteiger partial charge in [-0.25, -0.2) is 9.59 Å². The van der Waals surface area contributed by atoms with Crippen molar-refractivity contribution in [2.75, 3.05) is 13.4 Å². The van der Waals surface area contributed by atoms with Gasteiger partial charge in [-0.15, -0.1) is 0 Å². The van der Waals surface area contributed by atoms with Crippen LogP contribution in [0, 0.1) is 0 Å². The van der Waals surface area contributed by atoms with Crippen molar-refractivity contribution in [3.63, 3.8) is 0 Å². The number of fused-ring (bicyclic) bond motifs is 1. The smallest absolute Gasteiger partial charge is 0.526 e. The van der Waals surface area contributed by atoms with Crippen LogP contribution in [0.15, 0.2) is 18.2 Å². The summed E-state index contributed by atoms with van der Waals surface area (Å²) in [6.07, 6.45) is 1.94. The third kappa shape index (κ3) is 5.98. The number of benzene rings is 1. The molecule has 0 amide bonds. The second-order valence-electron chi connectivity index (χ2n) is 6.49. The molecule has 1 aliphatic heterocycles. The molecular weight excluding hydrogens is 367 g/mol. The van der Waals surface area contributed by atoms with Gasteiger partial charge in [-0.2, -0.15) is 0 Å². The van der Waals surface area contributed by atoms with Crippen molar-refractivity contribution in [3.8, 4) is 5.75 Å². The number of unbranched alkanes of at least 4 members (excludes halogenated alkanes) is 1. The van der Waals surface area contributed by atoms with E-state index in [1.807, 2.05) is 6.92 Å². The molecule has 0 aromatic heterocycles. The van der Waals surface area contributed by atoms with E-state index >= 15 is 0 Å². The summed E-state index contributed by atoms with van der Waals surface area (Å²) in [5.74, 6) is -0.820. The molecule has 0 unspecified atom stereocenters.